The fourth-order valence-corrected chi connectivity index (χ4v) is 4.49. The lowest BCUT2D eigenvalue weighted by atomic mass is 10.0. The van der Waals surface area contributed by atoms with E-state index in [0.717, 1.165) is 27.0 Å². The number of alkyl halides is 3. The van der Waals surface area contributed by atoms with Crippen LogP contribution in [-0.4, -0.2) is 22.7 Å². The highest BCUT2D eigenvalue weighted by molar-refractivity contribution is 7.80. The zero-order chi connectivity index (χ0) is 25.0. The van der Waals surface area contributed by atoms with Crippen molar-refractivity contribution in [1.82, 2.24) is 10.4 Å². The predicted molar refractivity (Wildman–Crippen MR) is 139 cm³/mol. The Morgan fingerprint density at radius 1 is 1.09 bits per heavy atom. The molecule has 0 atom stereocenters. The van der Waals surface area contributed by atoms with Gasteiger partial charge in [-0.1, -0.05) is 38.1 Å². The maximum absolute atomic E-state index is 12.4. The number of thiazole rings is 1. The number of aromatic nitrogens is 1. The van der Waals surface area contributed by atoms with Gasteiger partial charge in [-0.25, -0.2) is 4.98 Å². The summed E-state index contributed by atoms with van der Waals surface area (Å²) in [5, 5.41) is 8.46. The fraction of sp³-hybridized carbons (Fsp3) is 0.160. The topological polar surface area (TPSA) is 58.5 Å². The third-order valence-electron chi connectivity index (χ3n) is 4.96. The normalized spacial score (nSPS) is 11.8. The number of thiocarbonyl (C=S) groups is 1. The second kappa shape index (κ2) is 10.4. The predicted octanol–water partition coefficient (Wildman–Crippen LogP) is 7.31. The first-order chi connectivity index (χ1) is 16.7. The molecular formula is C25H21F3N4OS2. The Kier molecular flexibility index (Phi) is 7.32. The van der Waals surface area contributed by atoms with Gasteiger partial charge in [0.15, 0.2) is 5.11 Å². The molecule has 0 amide bonds. The van der Waals surface area contributed by atoms with Gasteiger partial charge in [0.2, 0.25) is 0 Å². The molecule has 2 N–H and O–H groups in total. The lowest BCUT2D eigenvalue weighted by Gasteiger charge is -2.14. The molecule has 3 aromatic carbocycles. The second-order valence-electron chi connectivity index (χ2n) is 7.88. The number of benzene rings is 3. The van der Waals surface area contributed by atoms with Crippen LogP contribution in [0.25, 0.3) is 20.8 Å². The number of anilines is 1. The molecule has 0 bridgehead atoms. The molecular weight excluding hydrogens is 493 g/mol. The Balaban J connectivity index is 1.42. The largest absolute Gasteiger partial charge is 0.573 e. The van der Waals surface area contributed by atoms with Crippen molar-refractivity contribution in [2.45, 2.75) is 26.1 Å². The van der Waals surface area contributed by atoms with E-state index in [2.05, 4.69) is 45.5 Å². The van der Waals surface area contributed by atoms with Gasteiger partial charge < -0.3 is 10.1 Å². The minimum absolute atomic E-state index is 0.270. The molecule has 1 heterocycles. The van der Waals surface area contributed by atoms with Crippen molar-refractivity contribution in [2.24, 2.45) is 5.10 Å². The summed E-state index contributed by atoms with van der Waals surface area (Å²) in [6.45, 7) is 4.24. The van der Waals surface area contributed by atoms with Crippen LogP contribution < -0.4 is 15.5 Å². The second-order valence-corrected chi connectivity index (χ2v) is 9.32. The van der Waals surface area contributed by atoms with Crippen molar-refractivity contribution in [3.05, 3.63) is 77.9 Å². The molecule has 180 valence electrons. The van der Waals surface area contributed by atoms with Gasteiger partial charge in [-0.05, 0) is 71.7 Å². The minimum Gasteiger partial charge on any atom is -0.406 e. The van der Waals surface area contributed by atoms with Gasteiger partial charge >= 0.3 is 6.36 Å². The average Bonchev–Trinajstić information content (AvgIpc) is 3.22. The number of fused-ring (bicyclic) bond motifs is 1. The molecule has 4 aromatic rings. The molecule has 0 radical (unpaired) electrons. The van der Waals surface area contributed by atoms with Gasteiger partial charge in [-0.2, -0.15) is 5.10 Å². The number of rotatable bonds is 6. The number of hydrogen-bond donors (Lipinski definition) is 2. The Labute approximate surface area is 209 Å². The third-order valence-corrected chi connectivity index (χ3v) is 6.24. The highest BCUT2D eigenvalue weighted by atomic mass is 32.1. The summed E-state index contributed by atoms with van der Waals surface area (Å²) in [5.74, 6) is 0.0827. The summed E-state index contributed by atoms with van der Waals surface area (Å²) < 4.78 is 41.9. The van der Waals surface area contributed by atoms with E-state index < -0.39 is 6.36 Å². The smallest absolute Gasteiger partial charge is 0.406 e. The van der Waals surface area contributed by atoms with Crippen LogP contribution in [0.5, 0.6) is 5.75 Å². The first-order valence-corrected chi connectivity index (χ1v) is 11.9. The summed E-state index contributed by atoms with van der Waals surface area (Å²) in [6, 6.07) is 19.3. The van der Waals surface area contributed by atoms with Gasteiger partial charge in [-0.15, -0.1) is 24.5 Å². The highest BCUT2D eigenvalue weighted by Gasteiger charge is 2.31. The first-order valence-electron chi connectivity index (χ1n) is 10.6. The van der Waals surface area contributed by atoms with Crippen molar-refractivity contribution in [3.63, 3.8) is 0 Å². The lowest BCUT2D eigenvalue weighted by Crippen LogP contribution is -2.24. The van der Waals surface area contributed by atoms with Crippen LogP contribution in [0.3, 0.4) is 0 Å². The summed E-state index contributed by atoms with van der Waals surface area (Å²) in [5.41, 5.74) is 7.21. The molecule has 35 heavy (non-hydrogen) atoms. The van der Waals surface area contributed by atoms with Crippen molar-refractivity contribution in [2.75, 3.05) is 5.32 Å². The van der Waals surface area contributed by atoms with E-state index in [4.69, 9.17) is 12.2 Å². The maximum Gasteiger partial charge on any atom is 0.573 e. The molecule has 0 fully saturated rings. The van der Waals surface area contributed by atoms with Crippen molar-refractivity contribution >= 4 is 50.8 Å². The number of nitrogens with zero attached hydrogens (tertiary/aromatic N) is 2. The number of ether oxygens (including phenoxy) is 1. The molecule has 4 rings (SSSR count). The molecule has 0 saturated carbocycles. The fourth-order valence-electron chi connectivity index (χ4n) is 3.38. The van der Waals surface area contributed by atoms with Crippen LogP contribution in [-0.2, 0) is 0 Å². The van der Waals surface area contributed by atoms with Crippen LogP contribution in [0.15, 0.2) is 71.8 Å². The molecule has 10 heteroatoms. The van der Waals surface area contributed by atoms with E-state index in [0.29, 0.717) is 21.6 Å². The molecule has 0 unspecified atom stereocenters. The van der Waals surface area contributed by atoms with E-state index in [1.165, 1.54) is 23.5 Å². The maximum atomic E-state index is 12.4. The van der Waals surface area contributed by atoms with Crippen LogP contribution >= 0.6 is 23.6 Å². The summed E-state index contributed by atoms with van der Waals surface area (Å²) in [4.78, 5) is 4.61. The Hall–Kier alpha value is -3.50. The van der Waals surface area contributed by atoms with Crippen LogP contribution in [0.2, 0.25) is 0 Å². The Morgan fingerprint density at radius 2 is 1.83 bits per heavy atom. The number of halogens is 3. The SMILES string of the molecule is CC(C)c1ccccc1NC(=S)N/N=C/c1ccc2sc(-c3ccc(OC(F)(F)F)cc3)nc2c1. The minimum atomic E-state index is -4.72. The summed E-state index contributed by atoms with van der Waals surface area (Å²) in [7, 11) is 0. The molecule has 0 spiro atoms. The van der Waals surface area contributed by atoms with Gasteiger partial charge in [0.1, 0.15) is 10.8 Å². The average molecular weight is 515 g/mol. The van der Waals surface area contributed by atoms with Gasteiger partial charge in [0, 0.05) is 11.3 Å². The third kappa shape index (κ3) is 6.55. The van der Waals surface area contributed by atoms with E-state index in [9.17, 15) is 13.2 Å². The van der Waals surface area contributed by atoms with E-state index >= 15 is 0 Å². The monoisotopic (exact) mass is 514 g/mol. The van der Waals surface area contributed by atoms with E-state index in [1.807, 2.05) is 36.4 Å². The number of para-hydroxylation sites is 1. The van der Waals surface area contributed by atoms with Gasteiger partial charge in [0.25, 0.3) is 0 Å². The zero-order valence-electron chi connectivity index (χ0n) is 18.8. The molecule has 5 nitrogen and oxygen atoms in total. The molecule has 0 aliphatic carbocycles. The molecule has 0 aliphatic rings. The Bertz CT molecular complexity index is 1370. The lowest BCUT2D eigenvalue weighted by molar-refractivity contribution is -0.274. The van der Waals surface area contributed by atoms with Crippen molar-refractivity contribution in [3.8, 4) is 16.3 Å². The van der Waals surface area contributed by atoms with Crippen LogP contribution in [0.1, 0.15) is 30.9 Å². The number of nitrogens with one attached hydrogen (secondary N) is 2. The molecule has 0 aliphatic heterocycles. The highest BCUT2D eigenvalue weighted by Crippen LogP contribution is 2.32. The van der Waals surface area contributed by atoms with Crippen LogP contribution in [0, 0.1) is 0 Å². The Morgan fingerprint density at radius 3 is 2.54 bits per heavy atom. The van der Waals surface area contributed by atoms with Crippen molar-refractivity contribution < 1.29 is 17.9 Å². The van der Waals surface area contributed by atoms with Gasteiger partial charge in [-0.3, -0.25) is 5.43 Å². The summed E-state index contributed by atoms with van der Waals surface area (Å²) in [6.07, 6.45) is -3.08. The zero-order valence-corrected chi connectivity index (χ0v) is 20.4. The van der Waals surface area contributed by atoms with Crippen molar-refractivity contribution in [1.29, 1.82) is 0 Å². The number of hydrogen-bond acceptors (Lipinski definition) is 5. The quantitative estimate of drug-likeness (QED) is 0.161. The van der Waals surface area contributed by atoms with Gasteiger partial charge in [0.05, 0.1) is 16.4 Å². The number of hydrazone groups is 1. The van der Waals surface area contributed by atoms with Crippen LogP contribution in [0.4, 0.5) is 18.9 Å². The summed E-state index contributed by atoms with van der Waals surface area (Å²) >= 11 is 6.80. The molecule has 1 aromatic heterocycles. The first kappa shape index (κ1) is 24.6. The van der Waals surface area contributed by atoms with E-state index in [-0.39, 0.29) is 5.75 Å². The molecule has 0 saturated heterocycles. The van der Waals surface area contributed by atoms with E-state index in [1.54, 1.807) is 18.3 Å². The standard InChI is InChI=1S/C25H21F3N4OS2/c1-15(2)19-5-3-4-6-20(19)31-24(34)32-29-14-16-7-12-22-21(13-16)30-23(35-22)17-8-10-18(11-9-17)33-25(26,27)28/h3-15H,1-2H3,(H2,31,32,34)/b29-14+.